The van der Waals surface area contributed by atoms with Crippen molar-refractivity contribution < 1.29 is 9.18 Å². The van der Waals surface area contributed by atoms with E-state index in [1.54, 1.807) is 19.2 Å². The lowest BCUT2D eigenvalue weighted by atomic mass is 10.3. The molecule has 2 aromatic rings. The van der Waals surface area contributed by atoms with E-state index in [2.05, 4.69) is 20.2 Å². The van der Waals surface area contributed by atoms with Crippen LogP contribution in [0.2, 0.25) is 5.02 Å². The van der Waals surface area contributed by atoms with Gasteiger partial charge < -0.3 is 15.1 Å². The van der Waals surface area contributed by atoms with Crippen LogP contribution in [0.3, 0.4) is 0 Å². The topological polar surface area (TPSA) is 61.4 Å². The number of piperazine rings is 1. The lowest BCUT2D eigenvalue weighted by molar-refractivity contribution is -0.129. The minimum atomic E-state index is -0.472. The summed E-state index contributed by atoms with van der Waals surface area (Å²) in [7, 11) is 0. The lowest BCUT2D eigenvalue weighted by Crippen LogP contribution is -2.48. The molecule has 0 saturated carbocycles. The molecule has 3 rings (SSSR count). The molecule has 0 atom stereocenters. The number of aromatic nitrogens is 2. The molecule has 0 unspecified atom stereocenters. The summed E-state index contributed by atoms with van der Waals surface area (Å²) in [6.45, 7) is 4.37. The van der Waals surface area contributed by atoms with Crippen LogP contribution >= 0.6 is 11.6 Å². The predicted molar refractivity (Wildman–Crippen MR) is 91.2 cm³/mol. The number of rotatable bonds is 3. The maximum atomic E-state index is 13.2. The molecule has 6 nitrogen and oxygen atoms in total. The average Bonchev–Trinajstić information content (AvgIpc) is 2.58. The molecular weight excluding hydrogens is 333 g/mol. The maximum absolute atomic E-state index is 13.2. The zero-order valence-corrected chi connectivity index (χ0v) is 13.9. The Bertz CT molecular complexity index is 749. The Morgan fingerprint density at radius 2 is 2.00 bits per heavy atom. The summed E-state index contributed by atoms with van der Waals surface area (Å²) >= 11 is 5.78. The van der Waals surface area contributed by atoms with Gasteiger partial charge in [0.15, 0.2) is 0 Å². The third-order valence-corrected chi connectivity index (χ3v) is 4.16. The summed E-state index contributed by atoms with van der Waals surface area (Å²) in [5.74, 6) is 0.807. The molecule has 24 heavy (non-hydrogen) atoms. The van der Waals surface area contributed by atoms with Gasteiger partial charge in [-0.2, -0.15) is 4.98 Å². The molecule has 1 N–H and O–H groups in total. The highest BCUT2D eigenvalue weighted by molar-refractivity contribution is 6.31. The molecule has 2 heterocycles. The first-order chi connectivity index (χ1) is 11.5. The summed E-state index contributed by atoms with van der Waals surface area (Å²) in [6.07, 6.45) is 1.66. The van der Waals surface area contributed by atoms with E-state index in [1.807, 2.05) is 11.0 Å². The number of anilines is 3. The van der Waals surface area contributed by atoms with Crippen LogP contribution in [0.1, 0.15) is 6.92 Å². The van der Waals surface area contributed by atoms with Gasteiger partial charge in [-0.3, -0.25) is 4.79 Å². The van der Waals surface area contributed by atoms with Crippen LogP contribution in [0, 0.1) is 5.82 Å². The molecule has 1 aromatic carbocycles. The van der Waals surface area contributed by atoms with Crippen molar-refractivity contribution in [1.82, 2.24) is 14.9 Å². The van der Waals surface area contributed by atoms with Crippen molar-refractivity contribution in [2.45, 2.75) is 6.92 Å². The van der Waals surface area contributed by atoms with Gasteiger partial charge in [0.25, 0.3) is 0 Å². The Hall–Kier alpha value is -2.41. The molecule has 1 aromatic heterocycles. The molecule has 0 aliphatic carbocycles. The van der Waals surface area contributed by atoms with Gasteiger partial charge in [0.1, 0.15) is 11.6 Å². The van der Waals surface area contributed by atoms with Gasteiger partial charge in [0.2, 0.25) is 11.9 Å². The number of nitrogens with one attached hydrogen (secondary N) is 1. The molecule has 1 aliphatic heterocycles. The van der Waals surface area contributed by atoms with Gasteiger partial charge >= 0.3 is 0 Å². The van der Waals surface area contributed by atoms with Gasteiger partial charge in [0.05, 0.1) is 5.02 Å². The molecule has 1 saturated heterocycles. The molecule has 1 aliphatic rings. The molecule has 1 fully saturated rings. The van der Waals surface area contributed by atoms with E-state index in [9.17, 15) is 9.18 Å². The first-order valence-corrected chi connectivity index (χ1v) is 7.96. The predicted octanol–water partition coefficient (Wildman–Crippen LogP) is 2.68. The van der Waals surface area contributed by atoms with E-state index in [-0.39, 0.29) is 10.9 Å². The molecule has 8 heteroatoms. The minimum Gasteiger partial charge on any atom is -0.353 e. The summed E-state index contributed by atoms with van der Waals surface area (Å²) in [5, 5.41) is 3.05. The second kappa shape index (κ2) is 7.00. The van der Waals surface area contributed by atoms with Crippen LogP contribution in [0.5, 0.6) is 0 Å². The van der Waals surface area contributed by atoms with Gasteiger partial charge in [-0.25, -0.2) is 9.37 Å². The smallest absolute Gasteiger partial charge is 0.229 e. The normalized spacial score (nSPS) is 14.6. The molecule has 0 bridgehead atoms. The highest BCUT2D eigenvalue weighted by atomic mass is 35.5. The van der Waals surface area contributed by atoms with E-state index in [0.717, 1.165) is 18.9 Å². The monoisotopic (exact) mass is 349 g/mol. The number of nitrogens with zero attached hydrogens (tertiary/aromatic N) is 4. The second-order valence-electron chi connectivity index (χ2n) is 5.49. The number of amides is 1. The Labute approximate surface area is 144 Å². The number of benzene rings is 1. The second-order valence-corrected chi connectivity index (χ2v) is 5.89. The average molecular weight is 350 g/mol. The fourth-order valence-electron chi connectivity index (χ4n) is 2.54. The Morgan fingerprint density at radius 3 is 2.67 bits per heavy atom. The van der Waals surface area contributed by atoms with E-state index in [4.69, 9.17) is 11.6 Å². The van der Waals surface area contributed by atoms with Crippen molar-refractivity contribution in [3.63, 3.8) is 0 Å². The summed E-state index contributed by atoms with van der Waals surface area (Å²) in [4.78, 5) is 24.0. The third kappa shape index (κ3) is 3.73. The van der Waals surface area contributed by atoms with E-state index in [0.29, 0.717) is 24.7 Å². The number of hydrogen-bond acceptors (Lipinski definition) is 5. The number of hydrogen-bond donors (Lipinski definition) is 1. The van der Waals surface area contributed by atoms with Crippen LogP contribution in [0.25, 0.3) is 0 Å². The Balaban J connectivity index is 1.70. The van der Waals surface area contributed by atoms with E-state index in [1.165, 1.54) is 12.1 Å². The van der Waals surface area contributed by atoms with Crippen LogP contribution < -0.4 is 10.2 Å². The van der Waals surface area contributed by atoms with Gasteiger partial charge in [-0.1, -0.05) is 11.6 Å². The fraction of sp³-hybridized carbons (Fsp3) is 0.312. The van der Waals surface area contributed by atoms with Crippen LogP contribution in [-0.4, -0.2) is 47.0 Å². The van der Waals surface area contributed by atoms with Crippen molar-refractivity contribution in [1.29, 1.82) is 0 Å². The van der Waals surface area contributed by atoms with Crippen LogP contribution in [-0.2, 0) is 4.79 Å². The highest BCUT2D eigenvalue weighted by Gasteiger charge is 2.19. The summed E-state index contributed by atoms with van der Waals surface area (Å²) in [6, 6.07) is 6.17. The molecule has 1 amide bonds. The van der Waals surface area contributed by atoms with Crippen LogP contribution in [0.15, 0.2) is 30.5 Å². The molecule has 126 valence electrons. The summed E-state index contributed by atoms with van der Waals surface area (Å²) < 4.78 is 13.2. The summed E-state index contributed by atoms with van der Waals surface area (Å²) in [5.41, 5.74) is 0.611. The standard InChI is InChI=1S/C16H17ClFN5O/c1-11(24)22-6-8-23(9-7-22)15-4-5-19-16(21-15)20-12-2-3-14(18)13(17)10-12/h2-5,10H,6-9H2,1H3,(H,19,20,21). The Kier molecular flexibility index (Phi) is 4.80. The quantitative estimate of drug-likeness (QED) is 0.923. The first kappa shape index (κ1) is 16.4. The SMILES string of the molecule is CC(=O)N1CCN(c2ccnc(Nc3ccc(F)c(Cl)c3)n2)CC1. The fourth-order valence-corrected chi connectivity index (χ4v) is 2.72. The minimum absolute atomic E-state index is 0.0384. The van der Waals surface area contributed by atoms with Crippen LogP contribution in [0.4, 0.5) is 21.8 Å². The lowest BCUT2D eigenvalue weighted by Gasteiger charge is -2.34. The first-order valence-electron chi connectivity index (χ1n) is 7.58. The maximum Gasteiger partial charge on any atom is 0.229 e. The van der Waals surface area contributed by atoms with Crippen molar-refractivity contribution >= 4 is 35.0 Å². The van der Waals surface area contributed by atoms with Crippen molar-refractivity contribution in [3.8, 4) is 0 Å². The van der Waals surface area contributed by atoms with Crippen molar-refractivity contribution in [2.75, 3.05) is 36.4 Å². The van der Waals surface area contributed by atoms with Crippen molar-refractivity contribution in [2.24, 2.45) is 0 Å². The number of carbonyl (C=O) groups excluding carboxylic acids is 1. The zero-order chi connectivity index (χ0) is 17.1. The number of carbonyl (C=O) groups is 1. The third-order valence-electron chi connectivity index (χ3n) is 3.87. The zero-order valence-electron chi connectivity index (χ0n) is 13.2. The Morgan fingerprint density at radius 1 is 1.25 bits per heavy atom. The van der Waals surface area contributed by atoms with Gasteiger partial charge in [-0.15, -0.1) is 0 Å². The van der Waals surface area contributed by atoms with E-state index < -0.39 is 5.82 Å². The molecule has 0 radical (unpaired) electrons. The number of halogens is 2. The van der Waals surface area contributed by atoms with Gasteiger partial charge in [0, 0.05) is 45.0 Å². The molecular formula is C16H17ClFN5O. The van der Waals surface area contributed by atoms with Gasteiger partial charge in [-0.05, 0) is 24.3 Å². The van der Waals surface area contributed by atoms with E-state index >= 15 is 0 Å². The largest absolute Gasteiger partial charge is 0.353 e. The van der Waals surface area contributed by atoms with Crippen molar-refractivity contribution in [3.05, 3.63) is 41.3 Å². The molecule has 0 spiro atoms. The highest BCUT2D eigenvalue weighted by Crippen LogP contribution is 2.22.